The van der Waals surface area contributed by atoms with Crippen LogP contribution in [0.5, 0.6) is 0 Å². The molecule has 0 aliphatic rings. The van der Waals surface area contributed by atoms with Crippen LogP contribution in [0.4, 0.5) is 0 Å². The van der Waals surface area contributed by atoms with Crippen molar-refractivity contribution in [2.75, 3.05) is 21.1 Å². The van der Waals surface area contributed by atoms with Crippen LogP contribution in [-0.2, 0) is 4.57 Å². The molecule has 31 heavy (non-hydrogen) atoms. The van der Waals surface area contributed by atoms with E-state index >= 15 is 0 Å². The molecule has 2 atom stereocenters. The monoisotopic (exact) mass is 456 g/mol. The Balaban J connectivity index is 3.64. The Bertz CT molecular complexity index is 459. The highest BCUT2D eigenvalue weighted by molar-refractivity contribution is 7.38. The third-order valence-electron chi connectivity index (χ3n) is 6.83. The first-order valence-electron chi connectivity index (χ1n) is 13.4. The van der Waals surface area contributed by atoms with Gasteiger partial charge in [-0.1, -0.05) is 101 Å². The predicted octanol–water partition coefficient (Wildman–Crippen LogP) is 8.50. The molecule has 2 unspecified atom stereocenters. The molecule has 0 rings (SSSR count). The zero-order valence-electron chi connectivity index (χ0n) is 21.8. The van der Waals surface area contributed by atoms with Gasteiger partial charge in [-0.25, -0.2) is 0 Å². The summed E-state index contributed by atoms with van der Waals surface area (Å²) in [6.07, 6.45) is 28.2. The summed E-state index contributed by atoms with van der Waals surface area (Å²) in [5.41, 5.74) is 0. The second-order valence-corrected chi connectivity index (χ2v) is 11.7. The van der Waals surface area contributed by atoms with Crippen molar-refractivity contribution in [1.82, 2.24) is 0 Å². The van der Waals surface area contributed by atoms with Crippen LogP contribution in [0.3, 0.4) is 0 Å². The summed E-state index contributed by atoms with van der Waals surface area (Å²) in [5, 5.41) is -0.588. The first-order chi connectivity index (χ1) is 14.8. The summed E-state index contributed by atoms with van der Waals surface area (Å²) in [7, 11) is 3.68. The van der Waals surface area contributed by atoms with Gasteiger partial charge in [-0.05, 0) is 38.5 Å². The van der Waals surface area contributed by atoms with Crippen molar-refractivity contribution in [3.8, 4) is 0 Å². The largest absolute Gasteiger partial charge is 0.590 e. The van der Waals surface area contributed by atoms with Crippen molar-refractivity contribution >= 4 is 8.03 Å². The highest BCUT2D eigenvalue weighted by Crippen LogP contribution is 2.45. The van der Waals surface area contributed by atoms with Crippen molar-refractivity contribution < 1.29 is 13.9 Å². The molecule has 0 bridgehead atoms. The van der Waals surface area contributed by atoms with Gasteiger partial charge in [0.1, 0.15) is 0 Å². The number of nitrogens with zero attached hydrogens (tertiary/aromatic N) is 1. The predicted molar refractivity (Wildman–Crippen MR) is 137 cm³/mol. The Kier molecular flexibility index (Phi) is 19.1. The third kappa shape index (κ3) is 14.5. The van der Waals surface area contributed by atoms with Gasteiger partial charge in [0.2, 0.25) is 0 Å². The first-order valence-corrected chi connectivity index (χ1v) is 14.6. The van der Waals surface area contributed by atoms with Crippen LogP contribution in [-0.4, -0.2) is 30.9 Å². The van der Waals surface area contributed by atoms with E-state index in [9.17, 15) is 9.46 Å². The number of rotatable bonds is 22. The zero-order chi connectivity index (χ0) is 23.4. The van der Waals surface area contributed by atoms with Gasteiger partial charge < -0.3 is 4.89 Å². The van der Waals surface area contributed by atoms with Crippen LogP contribution in [0.1, 0.15) is 136 Å². The van der Waals surface area contributed by atoms with Gasteiger partial charge in [0, 0.05) is 12.8 Å². The van der Waals surface area contributed by atoms with E-state index in [2.05, 4.69) is 26.0 Å². The molecule has 0 aromatic heterocycles. The van der Waals surface area contributed by atoms with Crippen LogP contribution in [0, 0.1) is 0 Å². The Morgan fingerprint density at radius 1 is 0.645 bits per heavy atom. The molecule has 0 aliphatic heterocycles. The SMILES string of the molecule is CCCCC/C=C\CCCCCCCCCCCCCC(CCC)([P+](=O)[O-])[N+](C)(C)C. The molecule has 0 radical (unpaired) electrons. The minimum Gasteiger partial charge on any atom is -0.590 e. The lowest BCUT2D eigenvalue weighted by Gasteiger charge is -2.39. The van der Waals surface area contributed by atoms with Gasteiger partial charge in [0.05, 0.1) is 21.1 Å². The van der Waals surface area contributed by atoms with Crippen molar-refractivity contribution in [3.63, 3.8) is 0 Å². The average Bonchev–Trinajstić information content (AvgIpc) is 2.71. The number of allylic oxidation sites excluding steroid dienone is 2. The molecule has 0 fully saturated rings. The van der Waals surface area contributed by atoms with E-state index in [1.54, 1.807) is 0 Å². The quantitative estimate of drug-likeness (QED) is 0.0709. The minimum absolute atomic E-state index is 0.523. The highest BCUT2D eigenvalue weighted by Gasteiger charge is 2.53. The maximum atomic E-state index is 12.1. The summed E-state index contributed by atoms with van der Waals surface area (Å²) >= 11 is 0. The topological polar surface area (TPSA) is 40.1 Å². The zero-order valence-corrected chi connectivity index (χ0v) is 22.7. The number of unbranched alkanes of at least 4 members (excludes halogenated alkanes) is 14. The van der Waals surface area contributed by atoms with Gasteiger partial charge in [-0.15, -0.1) is 0 Å². The van der Waals surface area contributed by atoms with E-state index in [4.69, 9.17) is 0 Å². The summed E-state index contributed by atoms with van der Waals surface area (Å²) in [6.45, 7) is 4.35. The molecule has 0 saturated carbocycles. The molecule has 0 N–H and O–H groups in total. The lowest BCUT2D eigenvalue weighted by molar-refractivity contribution is -0.910. The van der Waals surface area contributed by atoms with Crippen molar-refractivity contribution in [1.29, 1.82) is 0 Å². The molecule has 0 aliphatic carbocycles. The first kappa shape index (κ1) is 30.8. The smallest absolute Gasteiger partial charge is 0.376 e. The van der Waals surface area contributed by atoms with Crippen LogP contribution in [0.2, 0.25) is 0 Å². The molecule has 0 amide bonds. The van der Waals surface area contributed by atoms with Gasteiger partial charge >= 0.3 is 8.03 Å². The Hall–Kier alpha value is -0.240. The van der Waals surface area contributed by atoms with Gasteiger partial charge in [-0.3, -0.25) is 4.48 Å². The molecular weight excluding hydrogens is 401 g/mol. The maximum absolute atomic E-state index is 12.1. The molecule has 0 spiro atoms. The van der Waals surface area contributed by atoms with E-state index in [1.165, 1.54) is 96.3 Å². The van der Waals surface area contributed by atoms with Crippen LogP contribution >= 0.6 is 8.03 Å². The normalized spacial score (nSPS) is 14.8. The standard InChI is InChI=1S/C27H55NO2P/c1-6-8-9-10-11-12-13-14-15-16-17-18-19-20-21-22-23-24-26-27(25-7-2,31(29)30)28(3,4)5/h11-12H,6-10,13-26H2,1-5H3/q+1/b12-11-. The van der Waals surface area contributed by atoms with Gasteiger partial charge in [0.25, 0.3) is 5.28 Å². The molecule has 0 saturated heterocycles. The van der Waals surface area contributed by atoms with E-state index in [-0.39, 0.29) is 0 Å². The summed E-state index contributed by atoms with van der Waals surface area (Å²) in [6, 6.07) is 0. The van der Waals surface area contributed by atoms with Gasteiger partial charge in [0.15, 0.2) is 0 Å². The van der Waals surface area contributed by atoms with Crippen LogP contribution in [0.15, 0.2) is 12.2 Å². The van der Waals surface area contributed by atoms with E-state index in [1.807, 2.05) is 21.1 Å². The summed E-state index contributed by atoms with van der Waals surface area (Å²) < 4.78 is 12.6. The number of hydrogen-bond donors (Lipinski definition) is 0. The molecule has 4 heteroatoms. The molecule has 0 aromatic carbocycles. The van der Waals surface area contributed by atoms with Gasteiger partial charge in [-0.2, -0.15) is 0 Å². The lowest BCUT2D eigenvalue weighted by Crippen LogP contribution is -2.55. The highest BCUT2D eigenvalue weighted by atomic mass is 31.1. The second kappa shape index (κ2) is 19.2. The average molecular weight is 457 g/mol. The lowest BCUT2D eigenvalue weighted by atomic mass is 9.99. The van der Waals surface area contributed by atoms with Crippen molar-refractivity contribution in [2.45, 2.75) is 141 Å². The molecule has 184 valence electrons. The fraction of sp³-hybridized carbons (Fsp3) is 0.926. The van der Waals surface area contributed by atoms with Crippen LogP contribution < -0.4 is 4.89 Å². The Morgan fingerprint density at radius 2 is 1.06 bits per heavy atom. The number of hydrogen-bond acceptors (Lipinski definition) is 2. The summed E-state index contributed by atoms with van der Waals surface area (Å²) in [4.78, 5) is 12.1. The van der Waals surface area contributed by atoms with E-state index < -0.39 is 13.3 Å². The Morgan fingerprint density at radius 3 is 1.45 bits per heavy atom. The molecule has 0 aromatic rings. The minimum atomic E-state index is -2.42. The fourth-order valence-electron chi connectivity index (χ4n) is 4.63. The number of quaternary nitrogens is 1. The van der Waals surface area contributed by atoms with Crippen molar-refractivity contribution in [2.24, 2.45) is 0 Å². The van der Waals surface area contributed by atoms with Crippen LogP contribution in [0.25, 0.3) is 0 Å². The Labute approximate surface area is 196 Å². The third-order valence-corrected chi connectivity index (χ3v) is 8.55. The summed E-state index contributed by atoms with van der Waals surface area (Å²) in [5.74, 6) is 0. The molecule has 0 heterocycles. The molecular formula is C27H55NO2P+. The van der Waals surface area contributed by atoms with Crippen molar-refractivity contribution in [3.05, 3.63) is 12.2 Å². The van der Waals surface area contributed by atoms with E-state index in [0.29, 0.717) is 4.48 Å². The van der Waals surface area contributed by atoms with E-state index in [0.717, 1.165) is 25.7 Å². The molecule has 3 nitrogen and oxygen atoms in total. The fourth-order valence-corrected chi connectivity index (χ4v) is 5.87. The maximum Gasteiger partial charge on any atom is 0.376 e. The second-order valence-electron chi connectivity index (χ2n) is 10.4.